The second-order valence-electron chi connectivity index (χ2n) is 3.34. The molecular formula is C11H8ClFN2O. The average molecular weight is 239 g/mol. The average Bonchev–Trinajstić information content (AvgIpc) is 2.71. The molecule has 2 aromatic rings. The number of nitrogens with one attached hydrogen (secondary N) is 1. The van der Waals surface area contributed by atoms with Gasteiger partial charge in [-0.25, -0.2) is 9.37 Å². The number of aldehydes is 1. The highest BCUT2D eigenvalue weighted by molar-refractivity contribution is 6.30. The summed E-state index contributed by atoms with van der Waals surface area (Å²) in [5, 5.41) is 0.0990. The van der Waals surface area contributed by atoms with Gasteiger partial charge in [-0.05, 0) is 17.7 Å². The van der Waals surface area contributed by atoms with E-state index in [9.17, 15) is 9.18 Å². The lowest BCUT2D eigenvalue weighted by Crippen LogP contribution is -1.90. The van der Waals surface area contributed by atoms with Crippen LogP contribution in [-0.4, -0.2) is 16.3 Å². The van der Waals surface area contributed by atoms with Crippen molar-refractivity contribution < 1.29 is 9.18 Å². The Morgan fingerprint density at radius 2 is 2.31 bits per heavy atom. The molecule has 0 unspecified atom stereocenters. The van der Waals surface area contributed by atoms with Gasteiger partial charge < -0.3 is 4.98 Å². The molecule has 1 aromatic carbocycles. The van der Waals surface area contributed by atoms with E-state index in [2.05, 4.69) is 9.97 Å². The van der Waals surface area contributed by atoms with Crippen LogP contribution in [-0.2, 0) is 6.42 Å². The van der Waals surface area contributed by atoms with Gasteiger partial charge in [-0.1, -0.05) is 17.7 Å². The lowest BCUT2D eigenvalue weighted by atomic mass is 10.1. The first-order valence-electron chi connectivity index (χ1n) is 4.62. The highest BCUT2D eigenvalue weighted by Crippen LogP contribution is 2.17. The minimum atomic E-state index is -0.450. The molecule has 0 radical (unpaired) electrons. The van der Waals surface area contributed by atoms with E-state index >= 15 is 0 Å². The topological polar surface area (TPSA) is 45.8 Å². The summed E-state index contributed by atoms with van der Waals surface area (Å²) in [5.41, 5.74) is 1.52. The normalized spacial score (nSPS) is 10.4. The number of hydrogen-bond acceptors (Lipinski definition) is 2. The fourth-order valence-electron chi connectivity index (χ4n) is 1.40. The van der Waals surface area contributed by atoms with Crippen LogP contribution in [0.25, 0.3) is 0 Å². The second kappa shape index (κ2) is 4.45. The van der Waals surface area contributed by atoms with E-state index in [-0.39, 0.29) is 10.8 Å². The molecule has 0 amide bonds. The van der Waals surface area contributed by atoms with Crippen molar-refractivity contribution in [3.05, 3.63) is 52.3 Å². The van der Waals surface area contributed by atoms with E-state index in [0.29, 0.717) is 12.7 Å². The summed E-state index contributed by atoms with van der Waals surface area (Å²) in [7, 11) is 0. The molecule has 0 fully saturated rings. The number of carbonyl (C=O) groups excluding carboxylic acids is 1. The van der Waals surface area contributed by atoms with Crippen molar-refractivity contribution in [3.8, 4) is 0 Å². The van der Waals surface area contributed by atoms with Gasteiger partial charge in [0.25, 0.3) is 0 Å². The van der Waals surface area contributed by atoms with Crippen molar-refractivity contribution in [2.75, 3.05) is 0 Å². The highest BCUT2D eigenvalue weighted by atomic mass is 35.5. The van der Waals surface area contributed by atoms with Crippen molar-refractivity contribution in [2.24, 2.45) is 0 Å². The minimum Gasteiger partial charge on any atom is -0.339 e. The predicted molar refractivity (Wildman–Crippen MR) is 58.2 cm³/mol. The fraction of sp³-hybridized carbons (Fsp3) is 0.0909. The Morgan fingerprint density at radius 1 is 1.50 bits per heavy atom. The molecule has 82 valence electrons. The molecule has 3 nitrogen and oxygen atoms in total. The van der Waals surface area contributed by atoms with Gasteiger partial charge >= 0.3 is 0 Å². The number of aromatic amines is 1. The van der Waals surface area contributed by atoms with Crippen LogP contribution in [0, 0.1) is 5.82 Å². The molecule has 0 saturated heterocycles. The maximum absolute atomic E-state index is 13.1. The summed E-state index contributed by atoms with van der Waals surface area (Å²) < 4.78 is 13.1. The highest BCUT2D eigenvalue weighted by Gasteiger charge is 2.04. The Balaban J connectivity index is 2.20. The monoisotopic (exact) mass is 238 g/mol. The summed E-state index contributed by atoms with van der Waals surface area (Å²) in [6.45, 7) is 0. The Kier molecular flexibility index (Phi) is 3.01. The SMILES string of the molecule is O=Cc1ncc(Cc2ccc(Cl)c(F)c2)[nH]1. The van der Waals surface area contributed by atoms with Gasteiger partial charge in [-0.15, -0.1) is 0 Å². The van der Waals surface area contributed by atoms with Gasteiger partial charge in [0.2, 0.25) is 0 Å². The summed E-state index contributed by atoms with van der Waals surface area (Å²) in [6, 6.07) is 4.60. The lowest BCUT2D eigenvalue weighted by Gasteiger charge is -2.00. The van der Waals surface area contributed by atoms with E-state index in [4.69, 9.17) is 11.6 Å². The zero-order valence-corrected chi connectivity index (χ0v) is 8.96. The molecule has 0 aliphatic carbocycles. The minimum absolute atomic E-state index is 0.0990. The number of H-pyrrole nitrogens is 1. The Labute approximate surface area is 96.3 Å². The van der Waals surface area contributed by atoms with Gasteiger partial charge in [0.15, 0.2) is 12.1 Å². The van der Waals surface area contributed by atoms with Crippen molar-refractivity contribution in [1.82, 2.24) is 9.97 Å². The molecule has 0 aliphatic heterocycles. The third kappa shape index (κ3) is 2.28. The van der Waals surface area contributed by atoms with Crippen LogP contribution < -0.4 is 0 Å². The third-order valence-corrected chi connectivity index (χ3v) is 2.44. The maximum Gasteiger partial charge on any atom is 0.185 e. The molecule has 0 atom stereocenters. The summed E-state index contributed by atoms with van der Waals surface area (Å²) in [5.74, 6) is -0.182. The molecule has 16 heavy (non-hydrogen) atoms. The lowest BCUT2D eigenvalue weighted by molar-refractivity contribution is 0.111. The Hall–Kier alpha value is -1.68. The first kappa shape index (κ1) is 10.8. The van der Waals surface area contributed by atoms with Crippen LogP contribution in [0.15, 0.2) is 24.4 Å². The van der Waals surface area contributed by atoms with Crippen LogP contribution in [0.1, 0.15) is 21.9 Å². The van der Waals surface area contributed by atoms with Crippen molar-refractivity contribution in [1.29, 1.82) is 0 Å². The number of carbonyl (C=O) groups is 1. The number of imidazole rings is 1. The standard InChI is InChI=1S/C11H8ClFN2O/c12-9-2-1-7(4-10(9)13)3-8-5-14-11(6-16)15-8/h1-2,4-6H,3H2,(H,14,15). The van der Waals surface area contributed by atoms with Crippen LogP contribution >= 0.6 is 11.6 Å². The van der Waals surface area contributed by atoms with Crippen LogP contribution in [0.2, 0.25) is 5.02 Å². The van der Waals surface area contributed by atoms with Crippen molar-refractivity contribution in [3.63, 3.8) is 0 Å². The number of halogens is 2. The molecule has 1 heterocycles. The smallest absolute Gasteiger partial charge is 0.185 e. The summed E-state index contributed by atoms with van der Waals surface area (Å²) in [4.78, 5) is 17.0. The van der Waals surface area contributed by atoms with Gasteiger partial charge in [0, 0.05) is 18.3 Å². The molecule has 1 N–H and O–H groups in total. The first-order chi connectivity index (χ1) is 7.69. The third-order valence-electron chi connectivity index (χ3n) is 2.14. The molecule has 0 spiro atoms. The van der Waals surface area contributed by atoms with Gasteiger partial charge in [-0.2, -0.15) is 0 Å². The van der Waals surface area contributed by atoms with Gasteiger partial charge in [-0.3, -0.25) is 4.79 Å². The van der Waals surface area contributed by atoms with E-state index in [1.165, 1.54) is 12.1 Å². The first-order valence-corrected chi connectivity index (χ1v) is 5.00. The van der Waals surface area contributed by atoms with Gasteiger partial charge in [0.05, 0.1) is 5.02 Å². The molecule has 5 heteroatoms. The summed E-state index contributed by atoms with van der Waals surface area (Å²) in [6.07, 6.45) is 2.66. The molecule has 0 saturated carbocycles. The predicted octanol–water partition coefficient (Wildman–Crippen LogP) is 2.61. The van der Waals surface area contributed by atoms with Gasteiger partial charge in [0.1, 0.15) is 5.82 Å². The maximum atomic E-state index is 13.1. The van der Waals surface area contributed by atoms with Crippen molar-refractivity contribution >= 4 is 17.9 Å². The molecule has 2 rings (SSSR count). The van der Waals surface area contributed by atoms with Crippen LogP contribution in [0.5, 0.6) is 0 Å². The quantitative estimate of drug-likeness (QED) is 0.836. The molecule has 0 aliphatic rings. The van der Waals surface area contributed by atoms with Crippen LogP contribution in [0.4, 0.5) is 4.39 Å². The second-order valence-corrected chi connectivity index (χ2v) is 3.74. The number of aromatic nitrogens is 2. The van der Waals surface area contributed by atoms with E-state index in [1.807, 2.05) is 0 Å². The summed E-state index contributed by atoms with van der Waals surface area (Å²) >= 11 is 5.57. The van der Waals surface area contributed by atoms with Crippen LogP contribution in [0.3, 0.4) is 0 Å². The largest absolute Gasteiger partial charge is 0.339 e. The zero-order chi connectivity index (χ0) is 11.5. The molecular weight excluding hydrogens is 231 g/mol. The molecule has 0 bridgehead atoms. The Morgan fingerprint density at radius 3 is 2.94 bits per heavy atom. The number of rotatable bonds is 3. The molecule has 1 aromatic heterocycles. The zero-order valence-electron chi connectivity index (χ0n) is 8.21. The van der Waals surface area contributed by atoms with E-state index < -0.39 is 5.82 Å². The van der Waals surface area contributed by atoms with Crippen molar-refractivity contribution in [2.45, 2.75) is 6.42 Å². The Bertz CT molecular complexity index is 524. The van der Waals surface area contributed by atoms with E-state index in [1.54, 1.807) is 12.3 Å². The fourth-order valence-corrected chi connectivity index (χ4v) is 1.51. The van der Waals surface area contributed by atoms with E-state index in [0.717, 1.165) is 11.3 Å². The number of nitrogens with zero attached hydrogens (tertiary/aromatic N) is 1. The number of benzene rings is 1. The number of hydrogen-bond donors (Lipinski definition) is 1.